The smallest absolute Gasteiger partial charge is 0.328 e. The number of benzene rings is 1. The van der Waals surface area contributed by atoms with E-state index in [0.29, 0.717) is 5.92 Å². The van der Waals surface area contributed by atoms with Gasteiger partial charge in [-0.2, -0.15) is 0 Å². The first kappa shape index (κ1) is 14.9. The Morgan fingerprint density at radius 1 is 1.25 bits per heavy atom. The Hall–Kier alpha value is -1.51. The Morgan fingerprint density at radius 3 is 2.55 bits per heavy atom. The number of ether oxygens (including phenoxy) is 1. The maximum Gasteiger partial charge on any atom is 0.328 e. The van der Waals surface area contributed by atoms with E-state index in [1.54, 1.807) is 0 Å². The highest BCUT2D eigenvalue weighted by molar-refractivity contribution is 5.79. The number of anilines is 1. The number of nitrogens with one attached hydrogen (secondary N) is 1. The van der Waals surface area contributed by atoms with E-state index in [1.807, 2.05) is 12.1 Å². The minimum Gasteiger partial charge on any atom is -0.467 e. The summed E-state index contributed by atoms with van der Waals surface area (Å²) in [6, 6.07) is 7.94. The Morgan fingerprint density at radius 2 is 1.95 bits per heavy atom. The van der Waals surface area contributed by atoms with E-state index in [4.69, 9.17) is 4.74 Å². The first-order valence-corrected chi connectivity index (χ1v) is 7.62. The molecule has 2 rings (SSSR count). The van der Waals surface area contributed by atoms with Crippen LogP contribution in [0.2, 0.25) is 0 Å². The highest BCUT2D eigenvalue weighted by atomic mass is 16.5. The molecule has 0 saturated heterocycles. The number of carbonyl (C=O) groups excluding carboxylic acids is 1. The van der Waals surface area contributed by atoms with Crippen molar-refractivity contribution in [2.45, 2.75) is 51.5 Å². The second-order valence-corrected chi connectivity index (χ2v) is 5.77. The van der Waals surface area contributed by atoms with Crippen molar-refractivity contribution in [2.75, 3.05) is 12.4 Å². The van der Waals surface area contributed by atoms with E-state index < -0.39 is 0 Å². The molecular formula is C17H25NO2. The molecule has 0 aliphatic heterocycles. The van der Waals surface area contributed by atoms with E-state index in [1.165, 1.54) is 38.4 Å². The molecule has 1 unspecified atom stereocenters. The highest BCUT2D eigenvalue weighted by Gasteiger charge is 2.29. The minimum atomic E-state index is -0.222. The summed E-state index contributed by atoms with van der Waals surface area (Å²) in [5.74, 6) is 0.240. The summed E-state index contributed by atoms with van der Waals surface area (Å²) in [5, 5.41) is 3.39. The van der Waals surface area contributed by atoms with E-state index >= 15 is 0 Å². The average molecular weight is 275 g/mol. The predicted molar refractivity (Wildman–Crippen MR) is 81.8 cm³/mol. The Labute approximate surface area is 121 Å². The van der Waals surface area contributed by atoms with Gasteiger partial charge < -0.3 is 10.1 Å². The zero-order valence-electron chi connectivity index (χ0n) is 12.5. The van der Waals surface area contributed by atoms with Crippen LogP contribution in [-0.4, -0.2) is 19.1 Å². The number of hydrogen-bond donors (Lipinski definition) is 1. The molecule has 0 heterocycles. The van der Waals surface area contributed by atoms with Gasteiger partial charge in [0.1, 0.15) is 6.04 Å². The molecule has 1 aliphatic rings. The SMILES string of the molecule is COC(=O)C(Nc1cccc(C)c1)C1CCCCCC1. The summed E-state index contributed by atoms with van der Waals surface area (Å²) in [4.78, 5) is 12.1. The third-order valence-electron chi connectivity index (χ3n) is 4.17. The fourth-order valence-corrected chi connectivity index (χ4v) is 3.05. The Kier molecular flexibility index (Phi) is 5.45. The topological polar surface area (TPSA) is 38.3 Å². The van der Waals surface area contributed by atoms with Gasteiger partial charge in [-0.25, -0.2) is 4.79 Å². The Bertz CT molecular complexity index is 436. The largest absolute Gasteiger partial charge is 0.467 e. The third-order valence-corrected chi connectivity index (χ3v) is 4.17. The van der Waals surface area contributed by atoms with Crippen LogP contribution >= 0.6 is 0 Å². The third kappa shape index (κ3) is 3.99. The molecule has 0 amide bonds. The van der Waals surface area contributed by atoms with Gasteiger partial charge in [0, 0.05) is 5.69 Å². The van der Waals surface area contributed by atoms with Crippen molar-refractivity contribution in [3.63, 3.8) is 0 Å². The molecule has 3 nitrogen and oxygen atoms in total. The van der Waals surface area contributed by atoms with Gasteiger partial charge in [-0.05, 0) is 43.4 Å². The molecular weight excluding hydrogens is 250 g/mol. The molecule has 1 atom stereocenters. The second kappa shape index (κ2) is 7.32. The van der Waals surface area contributed by atoms with E-state index in [9.17, 15) is 4.79 Å². The molecule has 0 radical (unpaired) electrons. The summed E-state index contributed by atoms with van der Waals surface area (Å²) < 4.78 is 5.01. The summed E-state index contributed by atoms with van der Waals surface area (Å²) in [5.41, 5.74) is 2.20. The fourth-order valence-electron chi connectivity index (χ4n) is 3.05. The lowest BCUT2D eigenvalue weighted by Gasteiger charge is -2.26. The summed E-state index contributed by atoms with van der Waals surface area (Å²) >= 11 is 0. The van der Waals surface area contributed by atoms with Crippen LogP contribution in [0.25, 0.3) is 0 Å². The molecule has 110 valence electrons. The molecule has 1 N–H and O–H groups in total. The van der Waals surface area contributed by atoms with Gasteiger partial charge in [-0.3, -0.25) is 0 Å². The monoisotopic (exact) mass is 275 g/mol. The second-order valence-electron chi connectivity index (χ2n) is 5.77. The van der Waals surface area contributed by atoms with Gasteiger partial charge in [0.25, 0.3) is 0 Å². The van der Waals surface area contributed by atoms with Crippen molar-refractivity contribution in [1.82, 2.24) is 0 Å². The maximum atomic E-state index is 12.1. The summed E-state index contributed by atoms with van der Waals surface area (Å²) in [6.07, 6.45) is 7.22. The quantitative estimate of drug-likeness (QED) is 0.668. The lowest BCUT2D eigenvalue weighted by Crippen LogP contribution is -2.37. The van der Waals surface area contributed by atoms with E-state index in [2.05, 4.69) is 24.4 Å². The van der Waals surface area contributed by atoms with Gasteiger partial charge in [0.15, 0.2) is 0 Å². The predicted octanol–water partition coefficient (Wildman–Crippen LogP) is 3.92. The van der Waals surface area contributed by atoms with Crippen molar-refractivity contribution in [1.29, 1.82) is 0 Å². The van der Waals surface area contributed by atoms with Crippen LogP contribution in [0.1, 0.15) is 44.1 Å². The first-order chi connectivity index (χ1) is 9.70. The fraction of sp³-hybridized carbons (Fsp3) is 0.588. The zero-order chi connectivity index (χ0) is 14.4. The van der Waals surface area contributed by atoms with Crippen LogP contribution < -0.4 is 5.32 Å². The number of esters is 1. The minimum absolute atomic E-state index is 0.140. The molecule has 20 heavy (non-hydrogen) atoms. The van der Waals surface area contributed by atoms with Crippen LogP contribution in [0.3, 0.4) is 0 Å². The van der Waals surface area contributed by atoms with Crippen molar-refractivity contribution in [2.24, 2.45) is 5.92 Å². The number of carbonyl (C=O) groups is 1. The summed E-state index contributed by atoms with van der Waals surface area (Å²) in [7, 11) is 1.48. The zero-order valence-corrected chi connectivity index (χ0v) is 12.5. The van der Waals surface area contributed by atoms with Gasteiger partial charge in [-0.15, -0.1) is 0 Å². The van der Waals surface area contributed by atoms with Crippen LogP contribution in [0.15, 0.2) is 24.3 Å². The number of methoxy groups -OCH3 is 1. The average Bonchev–Trinajstić information content (AvgIpc) is 2.73. The standard InChI is InChI=1S/C17H25NO2/c1-13-8-7-11-15(12-13)18-16(17(19)20-2)14-9-5-3-4-6-10-14/h7-8,11-12,14,16,18H,3-6,9-10H2,1-2H3. The summed E-state index contributed by atoms with van der Waals surface area (Å²) in [6.45, 7) is 2.06. The molecule has 3 heteroatoms. The van der Waals surface area contributed by atoms with Gasteiger partial charge >= 0.3 is 5.97 Å². The maximum absolute atomic E-state index is 12.1. The molecule has 1 saturated carbocycles. The molecule has 0 aromatic heterocycles. The van der Waals surface area contributed by atoms with Crippen molar-refractivity contribution in [3.05, 3.63) is 29.8 Å². The number of aryl methyl sites for hydroxylation is 1. The molecule has 1 aromatic carbocycles. The lowest BCUT2D eigenvalue weighted by atomic mass is 9.91. The van der Waals surface area contributed by atoms with Crippen LogP contribution in [0, 0.1) is 12.8 Å². The van der Waals surface area contributed by atoms with Crippen molar-refractivity contribution >= 4 is 11.7 Å². The van der Waals surface area contributed by atoms with E-state index in [-0.39, 0.29) is 12.0 Å². The van der Waals surface area contributed by atoms with Gasteiger partial charge in [0.05, 0.1) is 7.11 Å². The molecule has 0 bridgehead atoms. The van der Waals surface area contributed by atoms with Crippen LogP contribution in [0.5, 0.6) is 0 Å². The number of hydrogen-bond acceptors (Lipinski definition) is 3. The van der Waals surface area contributed by atoms with Gasteiger partial charge in [-0.1, -0.05) is 37.8 Å². The first-order valence-electron chi connectivity index (χ1n) is 7.62. The number of rotatable bonds is 4. The van der Waals surface area contributed by atoms with E-state index in [0.717, 1.165) is 18.5 Å². The molecule has 0 spiro atoms. The normalized spacial score (nSPS) is 18.1. The van der Waals surface area contributed by atoms with Crippen LogP contribution in [-0.2, 0) is 9.53 Å². The molecule has 1 aliphatic carbocycles. The van der Waals surface area contributed by atoms with Crippen molar-refractivity contribution in [3.8, 4) is 0 Å². The van der Waals surface area contributed by atoms with Crippen molar-refractivity contribution < 1.29 is 9.53 Å². The molecule has 1 aromatic rings. The Balaban J connectivity index is 2.12. The molecule has 1 fully saturated rings. The highest BCUT2D eigenvalue weighted by Crippen LogP contribution is 2.28. The van der Waals surface area contributed by atoms with Crippen LogP contribution in [0.4, 0.5) is 5.69 Å². The lowest BCUT2D eigenvalue weighted by molar-refractivity contribution is -0.142. The van der Waals surface area contributed by atoms with Gasteiger partial charge in [0.2, 0.25) is 0 Å².